The molecule has 0 aliphatic carbocycles. The largest absolute Gasteiger partial charge is 0.479 e. The van der Waals surface area contributed by atoms with E-state index in [9.17, 15) is 4.79 Å². The standard InChI is InChI=1S/C11H14ClNO3/c1-7(11(15)13-2)16-10-8(6-14)4-3-5-9(10)12/h3-5,7,14H,6H2,1-2H3,(H,13,15). The number of hydrogen-bond acceptors (Lipinski definition) is 3. The molecular weight excluding hydrogens is 230 g/mol. The monoisotopic (exact) mass is 243 g/mol. The Morgan fingerprint density at radius 3 is 2.88 bits per heavy atom. The molecule has 0 aromatic heterocycles. The van der Waals surface area contributed by atoms with Gasteiger partial charge >= 0.3 is 0 Å². The fourth-order valence-electron chi connectivity index (χ4n) is 1.24. The number of para-hydroxylation sites is 1. The van der Waals surface area contributed by atoms with Crippen molar-refractivity contribution >= 4 is 17.5 Å². The Balaban J connectivity index is 2.91. The summed E-state index contributed by atoms with van der Waals surface area (Å²) in [4.78, 5) is 11.3. The maximum absolute atomic E-state index is 11.3. The Morgan fingerprint density at radius 2 is 2.31 bits per heavy atom. The summed E-state index contributed by atoms with van der Waals surface area (Å²) < 4.78 is 5.42. The van der Waals surface area contributed by atoms with Crippen molar-refractivity contribution in [3.8, 4) is 5.75 Å². The van der Waals surface area contributed by atoms with Crippen LogP contribution in [-0.2, 0) is 11.4 Å². The van der Waals surface area contributed by atoms with Crippen LogP contribution in [0.3, 0.4) is 0 Å². The van der Waals surface area contributed by atoms with Crippen LogP contribution in [-0.4, -0.2) is 24.2 Å². The van der Waals surface area contributed by atoms with Crippen molar-refractivity contribution in [2.75, 3.05) is 7.05 Å². The van der Waals surface area contributed by atoms with Gasteiger partial charge in [0.05, 0.1) is 11.6 Å². The Hall–Kier alpha value is -1.26. The summed E-state index contributed by atoms with van der Waals surface area (Å²) in [5.41, 5.74) is 0.559. The lowest BCUT2D eigenvalue weighted by atomic mass is 10.2. The van der Waals surface area contributed by atoms with E-state index in [0.29, 0.717) is 16.3 Å². The number of benzene rings is 1. The molecule has 1 aromatic carbocycles. The quantitative estimate of drug-likeness (QED) is 0.839. The van der Waals surface area contributed by atoms with Gasteiger partial charge in [0.2, 0.25) is 0 Å². The van der Waals surface area contributed by atoms with Crippen LogP contribution >= 0.6 is 11.6 Å². The van der Waals surface area contributed by atoms with Crippen molar-refractivity contribution in [2.45, 2.75) is 19.6 Å². The van der Waals surface area contributed by atoms with Gasteiger partial charge in [-0.15, -0.1) is 0 Å². The smallest absolute Gasteiger partial charge is 0.260 e. The van der Waals surface area contributed by atoms with Gasteiger partial charge in [-0.1, -0.05) is 23.7 Å². The molecule has 0 heterocycles. The predicted octanol–water partition coefficient (Wildman–Crippen LogP) is 1.35. The fourth-order valence-corrected chi connectivity index (χ4v) is 1.48. The summed E-state index contributed by atoms with van der Waals surface area (Å²) in [5.74, 6) is 0.103. The maximum atomic E-state index is 11.3. The van der Waals surface area contributed by atoms with Gasteiger partial charge in [0.15, 0.2) is 6.10 Å². The number of carbonyl (C=O) groups excluding carboxylic acids is 1. The number of hydrogen-bond donors (Lipinski definition) is 2. The minimum absolute atomic E-state index is 0.184. The second-order valence-corrected chi connectivity index (χ2v) is 3.67. The third-order valence-electron chi connectivity index (χ3n) is 2.13. The molecule has 2 N–H and O–H groups in total. The molecule has 88 valence electrons. The van der Waals surface area contributed by atoms with Crippen LogP contribution in [0.25, 0.3) is 0 Å². The highest BCUT2D eigenvalue weighted by Gasteiger charge is 2.16. The van der Waals surface area contributed by atoms with Crippen LogP contribution < -0.4 is 10.1 Å². The molecule has 1 atom stereocenters. The Bertz CT molecular complexity index is 381. The van der Waals surface area contributed by atoms with E-state index in [1.54, 1.807) is 25.1 Å². The van der Waals surface area contributed by atoms with Gasteiger partial charge in [-0.3, -0.25) is 4.79 Å². The highest BCUT2D eigenvalue weighted by atomic mass is 35.5. The molecule has 16 heavy (non-hydrogen) atoms. The molecule has 0 aliphatic heterocycles. The van der Waals surface area contributed by atoms with Crippen molar-refractivity contribution in [3.63, 3.8) is 0 Å². The molecule has 0 radical (unpaired) electrons. The summed E-state index contributed by atoms with van der Waals surface area (Å²) in [6, 6.07) is 5.05. The number of nitrogens with one attached hydrogen (secondary N) is 1. The van der Waals surface area contributed by atoms with E-state index in [4.69, 9.17) is 21.4 Å². The van der Waals surface area contributed by atoms with Gasteiger partial charge in [-0.25, -0.2) is 0 Å². The number of amides is 1. The van der Waals surface area contributed by atoms with Crippen molar-refractivity contribution in [1.29, 1.82) is 0 Å². The van der Waals surface area contributed by atoms with Crippen molar-refractivity contribution in [1.82, 2.24) is 5.32 Å². The molecule has 4 nitrogen and oxygen atoms in total. The fraction of sp³-hybridized carbons (Fsp3) is 0.364. The zero-order chi connectivity index (χ0) is 12.1. The minimum atomic E-state index is -0.657. The first kappa shape index (κ1) is 12.8. The van der Waals surface area contributed by atoms with Crippen LogP contribution in [0, 0.1) is 0 Å². The van der Waals surface area contributed by atoms with Crippen molar-refractivity contribution in [3.05, 3.63) is 28.8 Å². The summed E-state index contributed by atoms with van der Waals surface area (Å²) in [6.07, 6.45) is -0.657. The molecule has 0 saturated heterocycles. The normalized spacial score (nSPS) is 12.0. The Morgan fingerprint density at radius 1 is 1.62 bits per heavy atom. The van der Waals surface area contributed by atoms with E-state index in [2.05, 4.69) is 5.32 Å². The minimum Gasteiger partial charge on any atom is -0.479 e. The van der Waals surface area contributed by atoms with Gasteiger partial charge in [0.1, 0.15) is 5.75 Å². The molecule has 1 amide bonds. The van der Waals surface area contributed by atoms with Gasteiger partial charge in [-0.2, -0.15) is 0 Å². The Kier molecular flexibility index (Phi) is 4.58. The van der Waals surface area contributed by atoms with Gasteiger partial charge in [-0.05, 0) is 13.0 Å². The zero-order valence-electron chi connectivity index (χ0n) is 9.16. The van der Waals surface area contributed by atoms with Gasteiger partial charge in [0, 0.05) is 12.6 Å². The molecule has 5 heteroatoms. The second-order valence-electron chi connectivity index (χ2n) is 3.26. The van der Waals surface area contributed by atoms with Crippen LogP contribution in [0.2, 0.25) is 5.02 Å². The lowest BCUT2D eigenvalue weighted by Gasteiger charge is -2.16. The van der Waals surface area contributed by atoms with E-state index in [1.807, 2.05) is 0 Å². The molecule has 1 aromatic rings. The van der Waals surface area contributed by atoms with Crippen LogP contribution in [0.15, 0.2) is 18.2 Å². The van der Waals surface area contributed by atoms with Crippen molar-refractivity contribution < 1.29 is 14.6 Å². The molecule has 0 aliphatic rings. The summed E-state index contributed by atoms with van der Waals surface area (Å²) in [5, 5.41) is 12.0. The van der Waals surface area contributed by atoms with Crippen molar-refractivity contribution in [2.24, 2.45) is 0 Å². The average molecular weight is 244 g/mol. The highest BCUT2D eigenvalue weighted by molar-refractivity contribution is 6.32. The lowest BCUT2D eigenvalue weighted by molar-refractivity contribution is -0.126. The topological polar surface area (TPSA) is 58.6 Å². The van der Waals surface area contributed by atoms with Crippen LogP contribution in [0.5, 0.6) is 5.75 Å². The van der Waals surface area contributed by atoms with E-state index < -0.39 is 6.10 Å². The summed E-state index contributed by atoms with van der Waals surface area (Å²) in [6.45, 7) is 1.43. The first-order valence-corrected chi connectivity index (χ1v) is 5.24. The molecule has 0 spiro atoms. The van der Waals surface area contributed by atoms with E-state index in [0.717, 1.165) is 0 Å². The molecule has 0 fully saturated rings. The van der Waals surface area contributed by atoms with E-state index in [1.165, 1.54) is 7.05 Å². The molecule has 0 saturated carbocycles. The predicted molar refractivity (Wildman–Crippen MR) is 61.5 cm³/mol. The number of aliphatic hydroxyl groups excluding tert-OH is 1. The first-order valence-electron chi connectivity index (χ1n) is 4.86. The molecule has 0 bridgehead atoms. The summed E-state index contributed by atoms with van der Waals surface area (Å²) in [7, 11) is 1.53. The summed E-state index contributed by atoms with van der Waals surface area (Å²) >= 11 is 5.93. The van der Waals surface area contributed by atoms with E-state index >= 15 is 0 Å². The van der Waals surface area contributed by atoms with Crippen LogP contribution in [0.4, 0.5) is 0 Å². The second kappa shape index (κ2) is 5.72. The number of ether oxygens (including phenoxy) is 1. The highest BCUT2D eigenvalue weighted by Crippen LogP contribution is 2.29. The third kappa shape index (κ3) is 2.87. The number of carbonyl (C=O) groups is 1. The zero-order valence-corrected chi connectivity index (χ0v) is 9.91. The molecule has 1 rings (SSSR count). The van der Waals surface area contributed by atoms with Gasteiger partial charge in [0.25, 0.3) is 5.91 Å². The SMILES string of the molecule is CNC(=O)C(C)Oc1c(Cl)cccc1CO. The number of likely N-dealkylation sites (N-methyl/N-ethyl adjacent to an activating group) is 1. The number of aliphatic hydroxyl groups is 1. The van der Waals surface area contributed by atoms with Crippen LogP contribution in [0.1, 0.15) is 12.5 Å². The van der Waals surface area contributed by atoms with Gasteiger partial charge < -0.3 is 15.2 Å². The number of halogens is 1. The Labute approximate surface area is 99.2 Å². The molecular formula is C11H14ClNO3. The lowest BCUT2D eigenvalue weighted by Crippen LogP contribution is -2.34. The third-order valence-corrected chi connectivity index (χ3v) is 2.43. The molecule has 1 unspecified atom stereocenters. The average Bonchev–Trinajstić information content (AvgIpc) is 2.30. The van der Waals surface area contributed by atoms with E-state index in [-0.39, 0.29) is 12.5 Å². The maximum Gasteiger partial charge on any atom is 0.260 e. The number of rotatable bonds is 4. The first-order chi connectivity index (χ1) is 7.60.